The first-order chi connectivity index (χ1) is 9.18. The van der Waals surface area contributed by atoms with Crippen LogP contribution < -0.4 is 5.06 Å². The molecule has 3 heteroatoms. The zero-order valence-corrected chi connectivity index (χ0v) is 10.7. The molecule has 0 atom stereocenters. The summed E-state index contributed by atoms with van der Waals surface area (Å²) < 4.78 is 0. The van der Waals surface area contributed by atoms with Crippen LogP contribution in [-0.4, -0.2) is 11.1 Å². The third-order valence-corrected chi connectivity index (χ3v) is 2.77. The van der Waals surface area contributed by atoms with E-state index >= 15 is 0 Å². The van der Waals surface area contributed by atoms with Crippen molar-refractivity contribution >= 4 is 17.7 Å². The number of para-hydroxylation sites is 1. The monoisotopic (exact) mass is 253 g/mol. The van der Waals surface area contributed by atoms with Crippen molar-refractivity contribution in [3.8, 4) is 0 Å². The van der Waals surface area contributed by atoms with Gasteiger partial charge in [0.15, 0.2) is 0 Å². The van der Waals surface area contributed by atoms with Crippen LogP contribution in [0.5, 0.6) is 0 Å². The molecule has 0 saturated heterocycles. The summed E-state index contributed by atoms with van der Waals surface area (Å²) in [7, 11) is 0. The number of rotatable bonds is 3. The predicted molar refractivity (Wildman–Crippen MR) is 75.9 cm³/mol. The van der Waals surface area contributed by atoms with Gasteiger partial charge in [0.25, 0.3) is 5.91 Å². The van der Waals surface area contributed by atoms with Crippen molar-refractivity contribution in [3.05, 3.63) is 71.8 Å². The molecule has 3 nitrogen and oxygen atoms in total. The van der Waals surface area contributed by atoms with Crippen molar-refractivity contribution in [3.63, 3.8) is 0 Å². The number of amides is 1. The minimum absolute atomic E-state index is 0.474. The molecule has 2 rings (SSSR count). The number of hydrogen-bond donors (Lipinski definition) is 1. The molecular weight excluding hydrogens is 238 g/mol. The van der Waals surface area contributed by atoms with Gasteiger partial charge in [-0.1, -0.05) is 48.5 Å². The molecule has 0 saturated carbocycles. The third-order valence-electron chi connectivity index (χ3n) is 2.77. The highest BCUT2D eigenvalue weighted by molar-refractivity contribution is 6.02. The van der Waals surface area contributed by atoms with E-state index in [9.17, 15) is 10.0 Å². The lowest BCUT2D eigenvalue weighted by Gasteiger charge is -2.15. The molecule has 1 N–H and O–H groups in total. The highest BCUT2D eigenvalue weighted by Crippen LogP contribution is 2.18. The summed E-state index contributed by atoms with van der Waals surface area (Å²) >= 11 is 0. The molecule has 2 aromatic rings. The number of carbonyl (C=O) groups is 1. The fourth-order valence-corrected chi connectivity index (χ4v) is 1.72. The molecule has 0 radical (unpaired) electrons. The minimum Gasteiger partial charge on any atom is -0.281 e. The number of benzene rings is 2. The molecule has 19 heavy (non-hydrogen) atoms. The van der Waals surface area contributed by atoms with Gasteiger partial charge in [-0.05, 0) is 30.2 Å². The fourth-order valence-electron chi connectivity index (χ4n) is 1.72. The Balaban J connectivity index is 2.13. The molecule has 2 aromatic carbocycles. The molecule has 0 aliphatic heterocycles. The first-order valence-electron chi connectivity index (χ1n) is 6.00. The summed E-state index contributed by atoms with van der Waals surface area (Å²) in [4.78, 5) is 11.9. The molecule has 0 bridgehead atoms. The maximum absolute atomic E-state index is 11.9. The fraction of sp³-hybridized carbons (Fsp3) is 0.0625. The van der Waals surface area contributed by atoms with E-state index in [-0.39, 0.29) is 0 Å². The number of hydrogen-bond acceptors (Lipinski definition) is 2. The van der Waals surface area contributed by atoms with Crippen molar-refractivity contribution in [2.75, 3.05) is 5.06 Å². The Morgan fingerprint density at radius 1 is 1.05 bits per heavy atom. The molecule has 0 aliphatic carbocycles. The van der Waals surface area contributed by atoms with Crippen molar-refractivity contribution in [1.82, 2.24) is 0 Å². The van der Waals surface area contributed by atoms with Crippen LogP contribution >= 0.6 is 0 Å². The Morgan fingerprint density at radius 3 is 2.37 bits per heavy atom. The highest BCUT2D eigenvalue weighted by atomic mass is 16.5. The molecule has 0 unspecified atom stereocenters. The largest absolute Gasteiger partial charge is 0.281 e. The van der Waals surface area contributed by atoms with Crippen molar-refractivity contribution < 1.29 is 10.0 Å². The molecule has 1 amide bonds. The van der Waals surface area contributed by atoms with Gasteiger partial charge in [0, 0.05) is 6.08 Å². The standard InChI is InChI=1S/C16H15NO2/c1-13-7-5-6-10-15(13)17(19)16(18)12-11-14-8-3-2-4-9-14/h2-12,19H,1H3. The Labute approximate surface area is 112 Å². The van der Waals surface area contributed by atoms with Crippen LogP contribution in [0.1, 0.15) is 11.1 Å². The van der Waals surface area contributed by atoms with E-state index < -0.39 is 5.91 Å². The molecule has 0 spiro atoms. The zero-order chi connectivity index (χ0) is 13.7. The minimum atomic E-state index is -0.474. The Hall–Kier alpha value is -2.39. The lowest BCUT2D eigenvalue weighted by atomic mass is 10.2. The van der Waals surface area contributed by atoms with Crippen molar-refractivity contribution in [2.24, 2.45) is 0 Å². The van der Waals surface area contributed by atoms with Crippen LogP contribution in [0.3, 0.4) is 0 Å². The Kier molecular flexibility index (Phi) is 4.11. The average Bonchev–Trinajstić information content (AvgIpc) is 2.45. The molecule has 0 fully saturated rings. The van der Waals surface area contributed by atoms with E-state index in [1.165, 1.54) is 6.08 Å². The molecule has 0 aliphatic rings. The second kappa shape index (κ2) is 5.98. The van der Waals surface area contributed by atoms with Gasteiger partial charge in [0.05, 0.1) is 5.69 Å². The Morgan fingerprint density at radius 2 is 1.68 bits per heavy atom. The first kappa shape index (κ1) is 13.1. The number of nitrogens with zero attached hydrogens (tertiary/aromatic N) is 1. The van der Waals surface area contributed by atoms with Gasteiger partial charge in [-0.3, -0.25) is 10.0 Å². The smallest absolute Gasteiger partial charge is 0.274 e. The van der Waals surface area contributed by atoms with Crippen molar-refractivity contribution in [1.29, 1.82) is 0 Å². The van der Waals surface area contributed by atoms with Crippen LogP contribution in [0, 0.1) is 6.92 Å². The molecular formula is C16H15NO2. The van der Waals surface area contributed by atoms with Gasteiger partial charge in [-0.25, -0.2) is 0 Å². The van der Waals surface area contributed by atoms with E-state index in [0.717, 1.165) is 11.1 Å². The maximum Gasteiger partial charge on any atom is 0.274 e. The number of carbonyl (C=O) groups excluding carboxylic acids is 1. The lowest BCUT2D eigenvalue weighted by Crippen LogP contribution is -2.25. The van der Waals surface area contributed by atoms with Gasteiger partial charge in [0.1, 0.15) is 0 Å². The second-order valence-corrected chi connectivity index (χ2v) is 4.18. The van der Waals surface area contributed by atoms with E-state index in [2.05, 4.69) is 0 Å². The predicted octanol–water partition coefficient (Wildman–Crippen LogP) is 3.43. The number of aryl methyl sites for hydroxylation is 1. The number of anilines is 1. The summed E-state index contributed by atoms with van der Waals surface area (Å²) in [6.07, 6.45) is 3.02. The van der Waals surface area contributed by atoms with Crippen LogP contribution in [-0.2, 0) is 4.79 Å². The van der Waals surface area contributed by atoms with Gasteiger partial charge >= 0.3 is 0 Å². The van der Waals surface area contributed by atoms with E-state index in [1.807, 2.05) is 49.4 Å². The van der Waals surface area contributed by atoms with Crippen LogP contribution in [0.4, 0.5) is 5.69 Å². The Bertz CT molecular complexity index is 591. The topological polar surface area (TPSA) is 40.5 Å². The summed E-state index contributed by atoms with van der Waals surface area (Å²) in [6.45, 7) is 1.84. The lowest BCUT2D eigenvalue weighted by molar-refractivity contribution is -0.118. The van der Waals surface area contributed by atoms with Crippen molar-refractivity contribution in [2.45, 2.75) is 6.92 Å². The third kappa shape index (κ3) is 3.30. The van der Waals surface area contributed by atoms with Gasteiger partial charge in [-0.15, -0.1) is 0 Å². The van der Waals surface area contributed by atoms with E-state index in [4.69, 9.17) is 0 Å². The zero-order valence-electron chi connectivity index (χ0n) is 10.7. The van der Waals surface area contributed by atoms with Crippen LogP contribution in [0.25, 0.3) is 6.08 Å². The van der Waals surface area contributed by atoms with Crippen LogP contribution in [0.15, 0.2) is 60.7 Å². The molecule has 0 aromatic heterocycles. The van der Waals surface area contributed by atoms with Crippen LogP contribution in [0.2, 0.25) is 0 Å². The first-order valence-corrected chi connectivity index (χ1v) is 6.00. The molecule has 0 heterocycles. The van der Waals surface area contributed by atoms with Gasteiger partial charge in [0.2, 0.25) is 0 Å². The summed E-state index contributed by atoms with van der Waals surface area (Å²) in [5.41, 5.74) is 2.24. The summed E-state index contributed by atoms with van der Waals surface area (Å²) in [5.74, 6) is -0.474. The summed E-state index contributed by atoms with van der Waals surface area (Å²) in [6, 6.07) is 16.6. The maximum atomic E-state index is 11.9. The SMILES string of the molecule is Cc1ccccc1N(O)C(=O)C=Cc1ccccc1. The van der Waals surface area contributed by atoms with Gasteiger partial charge < -0.3 is 0 Å². The highest BCUT2D eigenvalue weighted by Gasteiger charge is 2.11. The van der Waals surface area contributed by atoms with E-state index in [1.54, 1.807) is 18.2 Å². The van der Waals surface area contributed by atoms with E-state index in [0.29, 0.717) is 10.8 Å². The summed E-state index contributed by atoms with van der Waals surface area (Å²) in [5, 5.41) is 10.5. The second-order valence-electron chi connectivity index (χ2n) is 4.18. The normalized spacial score (nSPS) is 10.6. The quantitative estimate of drug-likeness (QED) is 0.517. The number of hydroxylamine groups is 1. The average molecular weight is 253 g/mol. The molecule has 96 valence electrons. The van der Waals surface area contributed by atoms with Gasteiger partial charge in [-0.2, -0.15) is 5.06 Å².